The molecule has 2 fully saturated rings. The van der Waals surface area contributed by atoms with E-state index in [0.29, 0.717) is 13.0 Å². The minimum Gasteiger partial charge on any atom is -0.356 e. The second-order valence-electron chi connectivity index (χ2n) is 11.1. The fraction of sp³-hybridized carbons (Fsp3) is 0.615. The van der Waals surface area contributed by atoms with Crippen molar-refractivity contribution in [1.82, 2.24) is 21.3 Å². The Labute approximate surface area is 226 Å². The van der Waals surface area contributed by atoms with E-state index >= 15 is 0 Å². The normalized spacial score (nSPS) is 19.8. The third-order valence-electron chi connectivity index (χ3n) is 6.34. The number of hydrogen-bond donors (Lipinski definition) is 5. The zero-order valence-electron chi connectivity index (χ0n) is 21.8. The monoisotopic (exact) mass is 554 g/mol. The van der Waals surface area contributed by atoms with E-state index in [1.54, 1.807) is 0 Å². The van der Waals surface area contributed by atoms with Gasteiger partial charge < -0.3 is 25.8 Å². The van der Waals surface area contributed by atoms with Crippen molar-refractivity contribution in [3.63, 3.8) is 0 Å². The summed E-state index contributed by atoms with van der Waals surface area (Å²) in [4.78, 5) is 51.0. The highest BCUT2D eigenvalue weighted by atomic mass is 35.5. The van der Waals surface area contributed by atoms with Gasteiger partial charge in [0.05, 0.1) is 18.7 Å². The van der Waals surface area contributed by atoms with Crippen LogP contribution in [0.1, 0.15) is 58.4 Å². The van der Waals surface area contributed by atoms with E-state index in [0.717, 1.165) is 18.9 Å². The third-order valence-corrected chi connectivity index (χ3v) is 6.58. The van der Waals surface area contributed by atoms with Crippen LogP contribution in [0.2, 0.25) is 5.02 Å². The number of amides is 3. The standard InChI is InChI=1S/C26H36ClFN4O6/c1-26(2,3)12-20(32-25(37)38-13-15-4-5-16(27)11-18(15)28)23(35)31-19(10-14-8-9-29-22(14)34)21(33)24(36)30-17-6-7-17/h4-5,11,14,17,19-20,25,32,37H,6-10,12-13H2,1-3H3,(H,29,34)(H,30,36)(H,31,35)/t14-,19?,20-,25?/m0/s1. The quantitative estimate of drug-likeness (QED) is 0.183. The molecule has 10 nitrogen and oxygen atoms in total. The third kappa shape index (κ3) is 9.30. The SMILES string of the molecule is CC(C)(C)C[C@H](NC(O)OCc1ccc(Cl)cc1F)C(=O)NC(C[C@@H]1CCNC1=O)C(=O)C(=O)NC1CC1. The molecular formula is C26H36ClFN4O6. The smallest absolute Gasteiger partial charge is 0.289 e. The number of aliphatic hydroxyl groups excluding tert-OH is 1. The van der Waals surface area contributed by atoms with Gasteiger partial charge in [-0.2, -0.15) is 0 Å². The van der Waals surface area contributed by atoms with Crippen molar-refractivity contribution in [2.45, 2.75) is 84.0 Å². The molecule has 38 heavy (non-hydrogen) atoms. The van der Waals surface area contributed by atoms with Crippen LogP contribution in [-0.4, -0.2) is 59.7 Å². The van der Waals surface area contributed by atoms with Crippen molar-refractivity contribution in [2.75, 3.05) is 6.54 Å². The zero-order chi connectivity index (χ0) is 28.0. The van der Waals surface area contributed by atoms with Crippen LogP contribution >= 0.6 is 11.6 Å². The van der Waals surface area contributed by atoms with Gasteiger partial charge in [0.1, 0.15) is 5.82 Å². The summed E-state index contributed by atoms with van der Waals surface area (Å²) in [7, 11) is 0. The molecule has 1 saturated heterocycles. The molecule has 12 heteroatoms. The minimum atomic E-state index is -1.64. The van der Waals surface area contributed by atoms with Crippen molar-refractivity contribution in [2.24, 2.45) is 11.3 Å². The van der Waals surface area contributed by atoms with E-state index in [2.05, 4.69) is 21.3 Å². The topological polar surface area (TPSA) is 146 Å². The number of Topliss-reactive ketones (excluding diaryl/α,β-unsaturated/α-hetero) is 1. The molecule has 1 aliphatic carbocycles. The van der Waals surface area contributed by atoms with E-state index in [1.807, 2.05) is 20.8 Å². The number of ketones is 1. The number of ether oxygens (including phenoxy) is 1. The highest BCUT2D eigenvalue weighted by Crippen LogP contribution is 2.23. The molecule has 3 amide bonds. The van der Waals surface area contributed by atoms with Crippen LogP contribution in [0, 0.1) is 17.2 Å². The number of aliphatic hydroxyl groups is 1. The molecule has 4 atom stereocenters. The predicted octanol–water partition coefficient (Wildman–Crippen LogP) is 1.52. The first-order valence-electron chi connectivity index (χ1n) is 12.7. The van der Waals surface area contributed by atoms with Gasteiger partial charge in [0, 0.05) is 29.1 Å². The van der Waals surface area contributed by atoms with Crippen molar-refractivity contribution in [3.8, 4) is 0 Å². The summed E-state index contributed by atoms with van der Waals surface area (Å²) in [5.74, 6) is -3.62. The maximum atomic E-state index is 14.1. The first-order chi connectivity index (χ1) is 17.8. The molecule has 1 heterocycles. The van der Waals surface area contributed by atoms with Gasteiger partial charge in [-0.05, 0) is 49.7 Å². The molecule has 0 radical (unpaired) electrons. The Hall–Kier alpha value is -2.60. The molecule has 210 valence electrons. The lowest BCUT2D eigenvalue weighted by Gasteiger charge is -2.29. The predicted molar refractivity (Wildman–Crippen MR) is 137 cm³/mol. The number of rotatable bonds is 13. The summed E-state index contributed by atoms with van der Waals surface area (Å²) in [6.07, 6.45) is 0.628. The summed E-state index contributed by atoms with van der Waals surface area (Å²) >= 11 is 5.76. The van der Waals surface area contributed by atoms with E-state index in [1.165, 1.54) is 12.1 Å². The van der Waals surface area contributed by atoms with Crippen molar-refractivity contribution in [1.29, 1.82) is 0 Å². The second-order valence-corrected chi connectivity index (χ2v) is 11.5. The van der Waals surface area contributed by atoms with Gasteiger partial charge in [-0.15, -0.1) is 0 Å². The van der Waals surface area contributed by atoms with Crippen molar-refractivity contribution >= 4 is 35.1 Å². The highest BCUT2D eigenvalue weighted by molar-refractivity contribution is 6.38. The van der Waals surface area contributed by atoms with E-state index in [4.69, 9.17) is 16.3 Å². The average molecular weight is 555 g/mol. The van der Waals surface area contributed by atoms with Crippen LogP contribution in [0.4, 0.5) is 4.39 Å². The fourth-order valence-electron chi connectivity index (χ4n) is 4.17. The number of carbonyl (C=O) groups is 4. The molecule has 0 aromatic heterocycles. The maximum Gasteiger partial charge on any atom is 0.289 e. The van der Waals surface area contributed by atoms with Gasteiger partial charge in [-0.1, -0.05) is 38.4 Å². The van der Waals surface area contributed by atoms with Crippen LogP contribution in [0.3, 0.4) is 0 Å². The Balaban J connectivity index is 1.69. The molecule has 1 aliphatic heterocycles. The van der Waals surface area contributed by atoms with E-state index in [9.17, 15) is 28.7 Å². The van der Waals surface area contributed by atoms with Crippen LogP contribution < -0.4 is 21.3 Å². The van der Waals surface area contributed by atoms with Gasteiger partial charge >= 0.3 is 0 Å². The van der Waals surface area contributed by atoms with Gasteiger partial charge in [0.25, 0.3) is 5.91 Å². The first kappa shape index (κ1) is 29.9. The van der Waals surface area contributed by atoms with Crippen LogP contribution in [-0.2, 0) is 30.5 Å². The van der Waals surface area contributed by atoms with E-state index in [-0.39, 0.29) is 47.4 Å². The molecule has 1 aromatic carbocycles. The Kier molecular flexibility index (Phi) is 10.2. The van der Waals surface area contributed by atoms with E-state index < -0.39 is 47.8 Å². The van der Waals surface area contributed by atoms with Crippen molar-refractivity contribution in [3.05, 3.63) is 34.6 Å². The van der Waals surface area contributed by atoms with Crippen molar-refractivity contribution < 1.29 is 33.4 Å². The maximum absolute atomic E-state index is 14.1. The molecule has 2 aliphatic rings. The molecule has 1 aromatic rings. The lowest BCUT2D eigenvalue weighted by Crippen LogP contribution is -2.56. The van der Waals surface area contributed by atoms with Crippen LogP contribution in [0.15, 0.2) is 18.2 Å². The Bertz CT molecular complexity index is 1050. The van der Waals surface area contributed by atoms with Gasteiger partial charge in [0.2, 0.25) is 24.0 Å². The number of benzene rings is 1. The number of halogens is 2. The Morgan fingerprint density at radius 1 is 1.21 bits per heavy atom. The summed E-state index contributed by atoms with van der Waals surface area (Å²) in [6.45, 7) is 5.83. The minimum absolute atomic E-state index is 0.0222. The molecule has 1 saturated carbocycles. The lowest BCUT2D eigenvalue weighted by atomic mass is 9.87. The largest absolute Gasteiger partial charge is 0.356 e. The second kappa shape index (κ2) is 13.0. The average Bonchev–Trinajstić information content (AvgIpc) is 3.55. The summed E-state index contributed by atoms with van der Waals surface area (Å²) in [5, 5.41) is 21.3. The number of hydrogen-bond acceptors (Lipinski definition) is 7. The zero-order valence-corrected chi connectivity index (χ0v) is 22.6. The Morgan fingerprint density at radius 3 is 2.50 bits per heavy atom. The molecular weight excluding hydrogens is 519 g/mol. The van der Waals surface area contributed by atoms with Crippen LogP contribution in [0.5, 0.6) is 0 Å². The molecule has 3 rings (SSSR count). The number of nitrogens with one attached hydrogen (secondary N) is 4. The van der Waals surface area contributed by atoms with Gasteiger partial charge in [0.15, 0.2) is 0 Å². The van der Waals surface area contributed by atoms with Gasteiger partial charge in [-0.3, -0.25) is 24.5 Å². The van der Waals surface area contributed by atoms with Gasteiger partial charge in [-0.25, -0.2) is 4.39 Å². The number of carbonyl (C=O) groups excluding carboxylic acids is 4. The summed E-state index contributed by atoms with van der Waals surface area (Å²) in [5.41, 5.74) is -0.222. The fourth-order valence-corrected chi connectivity index (χ4v) is 4.33. The summed E-state index contributed by atoms with van der Waals surface area (Å²) in [6, 6.07) is 1.73. The molecule has 2 unspecified atom stereocenters. The highest BCUT2D eigenvalue weighted by Gasteiger charge is 2.37. The van der Waals surface area contributed by atoms with Crippen LogP contribution in [0.25, 0.3) is 0 Å². The molecule has 5 N–H and O–H groups in total. The molecule has 0 bridgehead atoms. The first-order valence-corrected chi connectivity index (χ1v) is 13.1. The lowest BCUT2D eigenvalue weighted by molar-refractivity contribution is -0.148. The summed E-state index contributed by atoms with van der Waals surface area (Å²) < 4.78 is 19.4. The molecule has 0 spiro atoms. The Morgan fingerprint density at radius 2 is 1.92 bits per heavy atom.